The molecule has 0 radical (unpaired) electrons. The van der Waals surface area contributed by atoms with Gasteiger partial charge in [-0.15, -0.1) is 0 Å². The molecule has 2 aliphatic rings. The van der Waals surface area contributed by atoms with Gasteiger partial charge in [-0.25, -0.2) is 0 Å². The fourth-order valence-electron chi connectivity index (χ4n) is 3.42. The molecular weight excluding hydrogens is 326 g/mol. The number of ether oxygens (including phenoxy) is 1. The number of rotatable bonds is 8. The molecule has 1 aromatic rings. The summed E-state index contributed by atoms with van der Waals surface area (Å²) in [6.45, 7) is 2.03. The van der Waals surface area contributed by atoms with E-state index in [1.54, 1.807) is 0 Å². The van der Waals surface area contributed by atoms with E-state index >= 15 is 0 Å². The zero-order valence-corrected chi connectivity index (χ0v) is 14.3. The van der Waals surface area contributed by atoms with E-state index in [1.165, 1.54) is 51.5 Å². The van der Waals surface area contributed by atoms with Crippen molar-refractivity contribution in [3.8, 4) is 5.75 Å². The van der Waals surface area contributed by atoms with Gasteiger partial charge in [0.15, 0.2) is 0 Å². The van der Waals surface area contributed by atoms with Gasteiger partial charge in [-0.1, -0.05) is 47.7 Å². The summed E-state index contributed by atoms with van der Waals surface area (Å²) in [5.41, 5.74) is 0. The van der Waals surface area contributed by atoms with Gasteiger partial charge >= 0.3 is 0 Å². The van der Waals surface area contributed by atoms with E-state index in [2.05, 4.69) is 21.2 Å². The standard InChI is InChI=1S/C18H26BrNO/c19-16-6-3-7-18(12-16)21-11-10-15(13-20-17-8-9-17)14-4-1-2-5-14/h3,6-7,12,14-15,17,20H,1-2,4-5,8-11,13H2. The van der Waals surface area contributed by atoms with Crippen LogP contribution in [-0.2, 0) is 0 Å². The first-order valence-corrected chi connectivity index (χ1v) is 9.22. The van der Waals surface area contributed by atoms with Crippen molar-refractivity contribution in [2.24, 2.45) is 11.8 Å². The zero-order chi connectivity index (χ0) is 14.5. The quantitative estimate of drug-likeness (QED) is 0.727. The Bertz CT molecular complexity index is 441. The van der Waals surface area contributed by atoms with Gasteiger partial charge in [0, 0.05) is 10.5 Å². The Hall–Kier alpha value is -0.540. The normalized spacial score (nSPS) is 20.6. The molecule has 1 unspecified atom stereocenters. The maximum Gasteiger partial charge on any atom is 0.120 e. The molecule has 0 aliphatic heterocycles. The lowest BCUT2D eigenvalue weighted by molar-refractivity contribution is 0.229. The number of nitrogens with one attached hydrogen (secondary N) is 1. The van der Waals surface area contributed by atoms with Crippen LogP contribution >= 0.6 is 15.9 Å². The Morgan fingerprint density at radius 1 is 1.19 bits per heavy atom. The van der Waals surface area contributed by atoms with E-state index in [0.717, 1.165) is 34.7 Å². The molecule has 3 rings (SSSR count). The summed E-state index contributed by atoms with van der Waals surface area (Å²) in [7, 11) is 0. The minimum Gasteiger partial charge on any atom is -0.494 e. The number of halogens is 1. The topological polar surface area (TPSA) is 21.3 Å². The molecule has 3 heteroatoms. The molecule has 1 aromatic carbocycles. The minimum absolute atomic E-state index is 0.792. The largest absolute Gasteiger partial charge is 0.494 e. The van der Waals surface area contributed by atoms with Crippen molar-refractivity contribution in [1.29, 1.82) is 0 Å². The number of benzene rings is 1. The highest BCUT2D eigenvalue weighted by atomic mass is 79.9. The third kappa shape index (κ3) is 5.00. The molecule has 116 valence electrons. The van der Waals surface area contributed by atoms with Crippen LogP contribution < -0.4 is 10.1 Å². The molecule has 0 heterocycles. The van der Waals surface area contributed by atoms with E-state index in [4.69, 9.17) is 4.74 Å². The predicted molar refractivity (Wildman–Crippen MR) is 90.7 cm³/mol. The van der Waals surface area contributed by atoms with Gasteiger partial charge < -0.3 is 10.1 Å². The predicted octanol–water partition coefficient (Wildman–Crippen LogP) is 4.78. The Labute approximate surface area is 136 Å². The SMILES string of the molecule is Brc1cccc(OCCC(CNC2CC2)C2CCCC2)c1. The van der Waals surface area contributed by atoms with Crippen LogP contribution in [0.2, 0.25) is 0 Å². The Kier molecular flexibility index (Phi) is 5.59. The average Bonchev–Trinajstić information content (AvgIpc) is 3.15. The van der Waals surface area contributed by atoms with E-state index in [0.29, 0.717) is 0 Å². The molecule has 1 N–H and O–H groups in total. The Morgan fingerprint density at radius 3 is 2.71 bits per heavy atom. The molecule has 21 heavy (non-hydrogen) atoms. The van der Waals surface area contributed by atoms with Crippen molar-refractivity contribution in [3.05, 3.63) is 28.7 Å². The third-order valence-electron chi connectivity index (χ3n) is 4.87. The molecule has 0 amide bonds. The second-order valence-corrected chi connectivity index (χ2v) is 7.50. The van der Waals surface area contributed by atoms with Crippen molar-refractivity contribution < 1.29 is 4.74 Å². The molecule has 0 bridgehead atoms. The van der Waals surface area contributed by atoms with E-state index in [1.807, 2.05) is 24.3 Å². The summed E-state index contributed by atoms with van der Waals surface area (Å²) < 4.78 is 7.03. The maximum absolute atomic E-state index is 5.94. The molecule has 0 saturated heterocycles. The molecule has 0 aromatic heterocycles. The van der Waals surface area contributed by atoms with Crippen molar-refractivity contribution in [2.45, 2.75) is 51.0 Å². The number of hydrogen-bond acceptors (Lipinski definition) is 2. The van der Waals surface area contributed by atoms with Gasteiger partial charge in [-0.05, 0) is 55.8 Å². The van der Waals surface area contributed by atoms with Crippen molar-refractivity contribution >= 4 is 15.9 Å². The average molecular weight is 352 g/mol. The Balaban J connectivity index is 1.46. The summed E-state index contributed by atoms with van der Waals surface area (Å²) >= 11 is 3.49. The van der Waals surface area contributed by atoms with E-state index in [9.17, 15) is 0 Å². The second kappa shape index (κ2) is 7.64. The highest BCUT2D eigenvalue weighted by Crippen LogP contribution is 2.33. The fraction of sp³-hybridized carbons (Fsp3) is 0.667. The summed E-state index contributed by atoms with van der Waals surface area (Å²) in [5.74, 6) is 2.69. The van der Waals surface area contributed by atoms with Crippen LogP contribution in [0.25, 0.3) is 0 Å². The van der Waals surface area contributed by atoms with Crippen LogP contribution in [0.5, 0.6) is 5.75 Å². The molecule has 2 saturated carbocycles. The summed E-state index contributed by atoms with van der Waals surface area (Å²) in [6.07, 6.45) is 9.64. The van der Waals surface area contributed by atoms with Crippen LogP contribution in [0.15, 0.2) is 28.7 Å². The molecule has 2 aliphatic carbocycles. The third-order valence-corrected chi connectivity index (χ3v) is 5.36. The molecule has 2 fully saturated rings. The molecule has 2 nitrogen and oxygen atoms in total. The van der Waals surface area contributed by atoms with Crippen LogP contribution in [-0.4, -0.2) is 19.2 Å². The first-order valence-electron chi connectivity index (χ1n) is 8.43. The van der Waals surface area contributed by atoms with E-state index in [-0.39, 0.29) is 0 Å². The van der Waals surface area contributed by atoms with Crippen LogP contribution in [0.4, 0.5) is 0 Å². The summed E-state index contributed by atoms with van der Waals surface area (Å²) in [5, 5.41) is 3.73. The number of hydrogen-bond donors (Lipinski definition) is 1. The zero-order valence-electron chi connectivity index (χ0n) is 12.7. The van der Waals surface area contributed by atoms with Gasteiger partial charge in [0.05, 0.1) is 6.61 Å². The molecule has 1 atom stereocenters. The minimum atomic E-state index is 0.792. The van der Waals surface area contributed by atoms with Gasteiger partial charge in [-0.3, -0.25) is 0 Å². The van der Waals surface area contributed by atoms with Crippen LogP contribution in [0.1, 0.15) is 44.9 Å². The molecule has 0 spiro atoms. The van der Waals surface area contributed by atoms with Crippen LogP contribution in [0, 0.1) is 11.8 Å². The van der Waals surface area contributed by atoms with Crippen molar-refractivity contribution in [2.75, 3.05) is 13.2 Å². The van der Waals surface area contributed by atoms with Gasteiger partial charge in [-0.2, -0.15) is 0 Å². The van der Waals surface area contributed by atoms with E-state index < -0.39 is 0 Å². The first-order chi connectivity index (χ1) is 10.3. The van der Waals surface area contributed by atoms with Gasteiger partial charge in [0.1, 0.15) is 5.75 Å². The lowest BCUT2D eigenvalue weighted by Gasteiger charge is -2.24. The summed E-state index contributed by atoms with van der Waals surface area (Å²) in [4.78, 5) is 0. The van der Waals surface area contributed by atoms with Crippen LogP contribution in [0.3, 0.4) is 0 Å². The highest BCUT2D eigenvalue weighted by molar-refractivity contribution is 9.10. The summed E-state index contributed by atoms with van der Waals surface area (Å²) in [6, 6.07) is 8.97. The fourth-order valence-corrected chi connectivity index (χ4v) is 3.80. The highest BCUT2D eigenvalue weighted by Gasteiger charge is 2.27. The lowest BCUT2D eigenvalue weighted by atomic mass is 9.88. The van der Waals surface area contributed by atoms with Gasteiger partial charge in [0.25, 0.3) is 0 Å². The first kappa shape index (κ1) is 15.4. The Morgan fingerprint density at radius 2 is 2.00 bits per heavy atom. The van der Waals surface area contributed by atoms with Crippen molar-refractivity contribution in [3.63, 3.8) is 0 Å². The maximum atomic E-state index is 5.94. The molecular formula is C18H26BrNO. The van der Waals surface area contributed by atoms with Crippen molar-refractivity contribution in [1.82, 2.24) is 5.32 Å². The lowest BCUT2D eigenvalue weighted by Crippen LogP contribution is -2.30. The van der Waals surface area contributed by atoms with Gasteiger partial charge in [0.2, 0.25) is 0 Å². The smallest absolute Gasteiger partial charge is 0.120 e. The monoisotopic (exact) mass is 351 g/mol. The second-order valence-electron chi connectivity index (χ2n) is 6.58.